The van der Waals surface area contributed by atoms with Crippen molar-refractivity contribution in [2.24, 2.45) is 5.92 Å². The Hall–Kier alpha value is -2.45. The summed E-state index contributed by atoms with van der Waals surface area (Å²) in [5.74, 6) is 0.191. The van der Waals surface area contributed by atoms with Gasteiger partial charge in [-0.3, -0.25) is 19.8 Å². The Morgan fingerprint density at radius 3 is 2.40 bits per heavy atom. The maximum atomic E-state index is 12.3. The van der Waals surface area contributed by atoms with Crippen molar-refractivity contribution < 1.29 is 14.3 Å². The molecule has 10 heteroatoms. The summed E-state index contributed by atoms with van der Waals surface area (Å²) < 4.78 is 5.38. The zero-order valence-corrected chi connectivity index (χ0v) is 18.1. The highest BCUT2D eigenvalue weighted by Crippen LogP contribution is 2.23. The first kappa shape index (κ1) is 22.2. The molecule has 3 rings (SSSR count). The van der Waals surface area contributed by atoms with Crippen LogP contribution in [0.25, 0.3) is 0 Å². The average molecular weight is 455 g/mol. The number of aromatic amines is 2. The number of benzene rings is 1. The molecule has 0 saturated carbocycles. The van der Waals surface area contributed by atoms with E-state index < -0.39 is 0 Å². The van der Waals surface area contributed by atoms with Gasteiger partial charge in [-0.2, -0.15) is 0 Å². The summed E-state index contributed by atoms with van der Waals surface area (Å²) in [6.07, 6.45) is 2.18. The molecule has 0 radical (unpaired) electrons. The van der Waals surface area contributed by atoms with Crippen LogP contribution < -0.4 is 5.56 Å². The first-order chi connectivity index (χ1) is 14.3. The topological polar surface area (TPSA) is 98.5 Å². The highest BCUT2D eigenvalue weighted by atomic mass is 35.5. The van der Waals surface area contributed by atoms with Crippen LogP contribution in [0.3, 0.4) is 0 Å². The van der Waals surface area contributed by atoms with Crippen LogP contribution >= 0.6 is 23.2 Å². The number of amides is 2. The van der Waals surface area contributed by atoms with E-state index in [1.165, 1.54) is 6.07 Å². The van der Waals surface area contributed by atoms with Crippen molar-refractivity contribution >= 4 is 35.2 Å². The summed E-state index contributed by atoms with van der Waals surface area (Å²) >= 11 is 11.9. The molecule has 2 heterocycles. The molecule has 0 unspecified atom stereocenters. The van der Waals surface area contributed by atoms with Crippen LogP contribution in [0.5, 0.6) is 0 Å². The minimum absolute atomic E-state index is 0.118. The Bertz CT molecular complexity index is 930. The van der Waals surface area contributed by atoms with Crippen LogP contribution in [-0.2, 0) is 11.3 Å². The summed E-state index contributed by atoms with van der Waals surface area (Å²) in [5, 5.41) is 5.93. The smallest absolute Gasteiger partial charge is 0.410 e. The lowest BCUT2D eigenvalue weighted by Gasteiger charge is -2.32. The number of ether oxygens (including phenoxy) is 1. The third-order valence-corrected chi connectivity index (χ3v) is 5.64. The predicted molar refractivity (Wildman–Crippen MR) is 114 cm³/mol. The molecule has 1 fully saturated rings. The van der Waals surface area contributed by atoms with E-state index in [1.807, 2.05) is 0 Å². The Morgan fingerprint density at radius 1 is 1.13 bits per heavy atom. The molecule has 1 aliphatic rings. The van der Waals surface area contributed by atoms with Crippen molar-refractivity contribution in [3.05, 3.63) is 55.9 Å². The molecule has 0 aliphatic carbocycles. The minimum atomic E-state index is -0.353. The Kier molecular flexibility index (Phi) is 7.44. The van der Waals surface area contributed by atoms with E-state index in [2.05, 4.69) is 10.2 Å². The molecule has 1 aliphatic heterocycles. The lowest BCUT2D eigenvalue weighted by molar-refractivity contribution is 0.0744. The van der Waals surface area contributed by atoms with Gasteiger partial charge in [0.15, 0.2) is 0 Å². The van der Waals surface area contributed by atoms with E-state index in [4.69, 9.17) is 27.9 Å². The first-order valence-electron chi connectivity index (χ1n) is 9.71. The molecule has 0 spiro atoms. The molecule has 1 aromatic heterocycles. The average Bonchev–Trinajstić information content (AvgIpc) is 3.15. The zero-order chi connectivity index (χ0) is 21.7. The summed E-state index contributed by atoms with van der Waals surface area (Å²) in [5.41, 5.74) is 0.665. The second-order valence-electron chi connectivity index (χ2n) is 7.45. The monoisotopic (exact) mass is 454 g/mol. The molecule has 162 valence electrons. The van der Waals surface area contributed by atoms with Gasteiger partial charge in [0, 0.05) is 42.8 Å². The summed E-state index contributed by atoms with van der Waals surface area (Å²) in [4.78, 5) is 39.0. The highest BCUT2D eigenvalue weighted by molar-refractivity contribution is 6.34. The first-order valence-corrected chi connectivity index (χ1v) is 10.5. The fourth-order valence-corrected chi connectivity index (χ4v) is 4.04. The van der Waals surface area contributed by atoms with Crippen molar-refractivity contribution in [3.8, 4) is 0 Å². The number of nitrogens with one attached hydrogen (secondary N) is 2. The second-order valence-corrected chi connectivity index (χ2v) is 8.32. The van der Waals surface area contributed by atoms with Gasteiger partial charge in [-0.25, -0.2) is 4.79 Å². The largest absolute Gasteiger partial charge is 0.445 e. The maximum Gasteiger partial charge on any atom is 0.410 e. The number of likely N-dealkylation sites (tertiary alicyclic amines) is 1. The number of halogens is 2. The normalized spacial score (nSPS) is 14.6. The number of nitrogens with zero attached hydrogens (tertiary/aromatic N) is 2. The van der Waals surface area contributed by atoms with E-state index in [0.29, 0.717) is 35.6 Å². The van der Waals surface area contributed by atoms with Crippen LogP contribution in [0.2, 0.25) is 10.0 Å². The third kappa shape index (κ3) is 6.03. The van der Waals surface area contributed by atoms with E-state index in [0.717, 1.165) is 24.8 Å². The number of rotatable bonds is 6. The van der Waals surface area contributed by atoms with Gasteiger partial charge in [-0.15, -0.1) is 0 Å². The molecule has 0 bridgehead atoms. The van der Waals surface area contributed by atoms with Crippen LogP contribution in [0.15, 0.2) is 29.1 Å². The Morgan fingerprint density at radius 2 is 1.80 bits per heavy atom. The van der Waals surface area contributed by atoms with Gasteiger partial charge in [0.25, 0.3) is 11.5 Å². The van der Waals surface area contributed by atoms with Gasteiger partial charge in [-0.1, -0.05) is 23.2 Å². The van der Waals surface area contributed by atoms with E-state index in [-0.39, 0.29) is 29.9 Å². The van der Waals surface area contributed by atoms with Crippen molar-refractivity contribution in [1.82, 2.24) is 20.0 Å². The molecular formula is C20H24Cl2N4O4. The standard InChI is InChI=1S/C20H24Cl2N4O4/c1-25(19(28)17-11-18(27)24-23-17)5-2-13-3-6-26(7-4-13)20(29)30-12-14-8-15(21)10-16(22)9-14/h8-11,13H,2-7,12H2,1H3,(H2,23,24,27). The molecule has 2 N–H and O–H groups in total. The Balaban J connectivity index is 1.39. The van der Waals surface area contributed by atoms with Crippen molar-refractivity contribution in [1.29, 1.82) is 0 Å². The minimum Gasteiger partial charge on any atom is -0.445 e. The van der Waals surface area contributed by atoms with Crippen LogP contribution in [0, 0.1) is 5.92 Å². The number of H-pyrrole nitrogens is 2. The number of hydrogen-bond acceptors (Lipinski definition) is 4. The van der Waals surface area contributed by atoms with Gasteiger partial charge in [0.05, 0.1) is 0 Å². The maximum absolute atomic E-state index is 12.3. The van der Waals surface area contributed by atoms with Crippen molar-refractivity contribution in [2.75, 3.05) is 26.7 Å². The number of carbonyl (C=O) groups is 2. The predicted octanol–water partition coefficient (Wildman–Crippen LogP) is 3.52. The van der Waals surface area contributed by atoms with Gasteiger partial charge in [0.2, 0.25) is 0 Å². The van der Waals surface area contributed by atoms with Gasteiger partial charge < -0.3 is 14.5 Å². The van der Waals surface area contributed by atoms with Gasteiger partial charge >= 0.3 is 6.09 Å². The molecule has 0 atom stereocenters. The van der Waals surface area contributed by atoms with Crippen molar-refractivity contribution in [2.45, 2.75) is 25.9 Å². The van der Waals surface area contributed by atoms with E-state index in [9.17, 15) is 14.4 Å². The molecule has 2 aromatic rings. The van der Waals surface area contributed by atoms with Crippen molar-refractivity contribution in [3.63, 3.8) is 0 Å². The zero-order valence-electron chi connectivity index (χ0n) is 16.6. The molecule has 30 heavy (non-hydrogen) atoms. The SMILES string of the molecule is CN(CCC1CCN(C(=O)OCc2cc(Cl)cc(Cl)c2)CC1)C(=O)c1cc(=O)[nH][nH]1. The Labute approximate surface area is 184 Å². The van der Waals surface area contributed by atoms with Gasteiger partial charge in [-0.05, 0) is 48.9 Å². The molecule has 8 nitrogen and oxygen atoms in total. The van der Waals surface area contributed by atoms with Gasteiger partial charge in [0.1, 0.15) is 12.3 Å². The van der Waals surface area contributed by atoms with E-state index >= 15 is 0 Å². The van der Waals surface area contributed by atoms with Crippen LogP contribution in [-0.4, -0.2) is 58.7 Å². The summed E-state index contributed by atoms with van der Waals surface area (Å²) in [6.45, 7) is 1.93. The third-order valence-electron chi connectivity index (χ3n) is 5.20. The van der Waals surface area contributed by atoms with E-state index in [1.54, 1.807) is 35.0 Å². The number of hydrogen-bond donors (Lipinski definition) is 2. The lowest BCUT2D eigenvalue weighted by atomic mass is 9.93. The number of aromatic nitrogens is 2. The number of carbonyl (C=O) groups excluding carboxylic acids is 2. The summed E-state index contributed by atoms with van der Waals surface area (Å²) in [7, 11) is 1.71. The quantitative estimate of drug-likeness (QED) is 0.697. The highest BCUT2D eigenvalue weighted by Gasteiger charge is 2.24. The fourth-order valence-electron chi connectivity index (χ4n) is 3.47. The molecule has 1 aromatic carbocycles. The second kappa shape index (κ2) is 10.0. The molecule has 2 amide bonds. The van der Waals surface area contributed by atoms with Crippen LogP contribution in [0.1, 0.15) is 35.3 Å². The lowest BCUT2D eigenvalue weighted by Crippen LogP contribution is -2.39. The molecular weight excluding hydrogens is 431 g/mol. The fraction of sp³-hybridized carbons (Fsp3) is 0.450. The molecule has 1 saturated heterocycles. The number of piperidine rings is 1. The summed E-state index contributed by atoms with van der Waals surface area (Å²) in [6, 6.07) is 6.31. The van der Waals surface area contributed by atoms with Crippen LogP contribution in [0.4, 0.5) is 4.79 Å².